The molecular weight excluding hydrogens is 210 g/mol. The summed E-state index contributed by atoms with van der Waals surface area (Å²) in [6.07, 6.45) is 11.5. The van der Waals surface area contributed by atoms with Crippen molar-refractivity contribution in [2.75, 3.05) is 6.54 Å². The van der Waals surface area contributed by atoms with Crippen LogP contribution < -0.4 is 5.32 Å². The lowest BCUT2D eigenvalue weighted by molar-refractivity contribution is 0.485. The molecule has 1 atom stereocenters. The topological polar surface area (TPSA) is 29.9 Å². The Labute approximate surface area is 105 Å². The van der Waals surface area contributed by atoms with E-state index in [1.54, 1.807) is 0 Å². The monoisotopic (exact) mass is 233 g/mol. The summed E-state index contributed by atoms with van der Waals surface area (Å²) in [6.45, 7) is 5.29. The first-order chi connectivity index (χ1) is 8.19. The first-order valence-electron chi connectivity index (χ1n) is 6.36. The highest BCUT2D eigenvalue weighted by Gasteiger charge is 2.15. The minimum atomic E-state index is 0.386. The molecule has 0 aliphatic heterocycles. The van der Waals surface area contributed by atoms with E-state index in [0.29, 0.717) is 6.04 Å². The molecule has 1 aromatic heterocycles. The highest BCUT2D eigenvalue weighted by Crippen LogP contribution is 2.21. The second-order valence-corrected chi connectivity index (χ2v) is 4.45. The van der Waals surface area contributed by atoms with Gasteiger partial charge >= 0.3 is 0 Å². The van der Waals surface area contributed by atoms with Crippen LogP contribution in [0, 0.1) is 19.3 Å². The molecule has 0 saturated carbocycles. The Morgan fingerprint density at radius 3 is 2.88 bits per heavy atom. The van der Waals surface area contributed by atoms with Gasteiger partial charge in [-0.2, -0.15) is 5.10 Å². The van der Waals surface area contributed by atoms with E-state index in [2.05, 4.69) is 36.4 Å². The number of rotatable bonds is 7. The highest BCUT2D eigenvalue weighted by molar-refractivity contribution is 5.20. The zero-order valence-corrected chi connectivity index (χ0v) is 11.2. The molecule has 3 nitrogen and oxygen atoms in total. The van der Waals surface area contributed by atoms with Crippen molar-refractivity contribution in [1.82, 2.24) is 15.1 Å². The summed E-state index contributed by atoms with van der Waals surface area (Å²) in [5.74, 6) is 2.70. The van der Waals surface area contributed by atoms with Crippen molar-refractivity contribution in [3.63, 3.8) is 0 Å². The fourth-order valence-electron chi connectivity index (χ4n) is 2.05. The van der Waals surface area contributed by atoms with Gasteiger partial charge in [-0.25, -0.2) is 0 Å². The molecule has 0 aliphatic rings. The van der Waals surface area contributed by atoms with E-state index < -0.39 is 0 Å². The standard InChI is InChI=1S/C14H23N3/c1-5-7-8-9-14(15-10-6-2)13-11-17(4)16-12(13)3/h1,11,14-15H,6-10H2,2-4H3. The summed E-state index contributed by atoms with van der Waals surface area (Å²) in [5, 5.41) is 7.98. The van der Waals surface area contributed by atoms with Crippen molar-refractivity contribution in [2.24, 2.45) is 7.05 Å². The molecule has 17 heavy (non-hydrogen) atoms. The van der Waals surface area contributed by atoms with E-state index in [-0.39, 0.29) is 0 Å². The summed E-state index contributed by atoms with van der Waals surface area (Å²) in [5.41, 5.74) is 2.42. The molecule has 1 unspecified atom stereocenters. The van der Waals surface area contributed by atoms with Gasteiger partial charge in [0.15, 0.2) is 0 Å². The van der Waals surface area contributed by atoms with Crippen molar-refractivity contribution >= 4 is 0 Å². The second kappa shape index (κ2) is 7.13. The van der Waals surface area contributed by atoms with Gasteiger partial charge in [0, 0.05) is 31.3 Å². The Morgan fingerprint density at radius 2 is 2.35 bits per heavy atom. The predicted octanol–water partition coefficient (Wildman–Crippen LogP) is 2.57. The first-order valence-corrected chi connectivity index (χ1v) is 6.36. The Morgan fingerprint density at radius 1 is 1.59 bits per heavy atom. The number of nitrogens with one attached hydrogen (secondary N) is 1. The number of nitrogens with zero attached hydrogens (tertiary/aromatic N) is 2. The third kappa shape index (κ3) is 4.24. The molecule has 0 saturated heterocycles. The summed E-state index contributed by atoms with van der Waals surface area (Å²) in [4.78, 5) is 0. The molecule has 0 radical (unpaired) electrons. The molecular formula is C14H23N3. The van der Waals surface area contributed by atoms with Crippen LogP contribution in [0.3, 0.4) is 0 Å². The van der Waals surface area contributed by atoms with Gasteiger partial charge in [0.25, 0.3) is 0 Å². The smallest absolute Gasteiger partial charge is 0.0641 e. The Kier molecular flexibility index (Phi) is 5.79. The molecule has 0 fully saturated rings. The lowest BCUT2D eigenvalue weighted by Crippen LogP contribution is -2.22. The van der Waals surface area contributed by atoms with Crippen LogP contribution in [0.4, 0.5) is 0 Å². The van der Waals surface area contributed by atoms with Crippen LogP contribution in [0.25, 0.3) is 0 Å². The maximum atomic E-state index is 5.30. The quantitative estimate of drug-likeness (QED) is 0.579. The van der Waals surface area contributed by atoms with E-state index in [9.17, 15) is 0 Å². The number of hydrogen-bond acceptors (Lipinski definition) is 2. The van der Waals surface area contributed by atoms with Gasteiger partial charge in [-0.05, 0) is 32.7 Å². The Balaban J connectivity index is 2.68. The highest BCUT2D eigenvalue weighted by atomic mass is 15.3. The summed E-state index contributed by atoms with van der Waals surface area (Å²) >= 11 is 0. The van der Waals surface area contributed by atoms with Crippen LogP contribution in [-0.4, -0.2) is 16.3 Å². The number of aryl methyl sites for hydroxylation is 2. The van der Waals surface area contributed by atoms with Crippen molar-refractivity contribution < 1.29 is 0 Å². The summed E-state index contributed by atoms with van der Waals surface area (Å²) in [7, 11) is 1.97. The van der Waals surface area contributed by atoms with E-state index in [0.717, 1.165) is 37.9 Å². The van der Waals surface area contributed by atoms with E-state index >= 15 is 0 Å². The van der Waals surface area contributed by atoms with Crippen molar-refractivity contribution in [3.05, 3.63) is 17.5 Å². The van der Waals surface area contributed by atoms with E-state index in [1.807, 2.05) is 11.7 Å². The van der Waals surface area contributed by atoms with Gasteiger partial charge in [-0.1, -0.05) is 6.92 Å². The van der Waals surface area contributed by atoms with Gasteiger partial charge in [-0.3, -0.25) is 4.68 Å². The van der Waals surface area contributed by atoms with Crippen LogP contribution in [0.2, 0.25) is 0 Å². The van der Waals surface area contributed by atoms with Crippen LogP contribution in [-0.2, 0) is 7.05 Å². The van der Waals surface area contributed by atoms with Gasteiger partial charge in [-0.15, -0.1) is 12.3 Å². The van der Waals surface area contributed by atoms with Crippen LogP contribution >= 0.6 is 0 Å². The zero-order chi connectivity index (χ0) is 12.7. The number of unbranched alkanes of at least 4 members (excludes halogenated alkanes) is 1. The molecule has 3 heteroatoms. The molecule has 0 amide bonds. The van der Waals surface area contributed by atoms with Crippen LogP contribution in [0.15, 0.2) is 6.20 Å². The lowest BCUT2D eigenvalue weighted by atomic mass is 10.0. The minimum Gasteiger partial charge on any atom is -0.310 e. The van der Waals surface area contributed by atoms with Crippen LogP contribution in [0.5, 0.6) is 0 Å². The Bertz CT molecular complexity index is 373. The summed E-state index contributed by atoms with van der Waals surface area (Å²) < 4.78 is 1.88. The molecule has 1 aromatic rings. The summed E-state index contributed by atoms with van der Waals surface area (Å²) in [6, 6.07) is 0.386. The molecule has 94 valence electrons. The molecule has 0 spiro atoms. The van der Waals surface area contributed by atoms with Crippen molar-refractivity contribution in [1.29, 1.82) is 0 Å². The van der Waals surface area contributed by atoms with Crippen LogP contribution in [0.1, 0.15) is 49.9 Å². The fraction of sp³-hybridized carbons (Fsp3) is 0.643. The SMILES string of the molecule is C#CCCCC(NCCC)c1cn(C)nc1C. The number of aromatic nitrogens is 2. The van der Waals surface area contributed by atoms with Crippen molar-refractivity contribution in [3.8, 4) is 12.3 Å². The first kappa shape index (κ1) is 13.8. The zero-order valence-electron chi connectivity index (χ0n) is 11.2. The van der Waals surface area contributed by atoms with Gasteiger partial charge < -0.3 is 5.32 Å². The average Bonchev–Trinajstić information content (AvgIpc) is 2.63. The molecule has 0 bridgehead atoms. The maximum absolute atomic E-state index is 5.30. The van der Waals surface area contributed by atoms with Gasteiger partial charge in [0.05, 0.1) is 5.69 Å². The maximum Gasteiger partial charge on any atom is 0.0641 e. The second-order valence-electron chi connectivity index (χ2n) is 4.45. The largest absolute Gasteiger partial charge is 0.310 e. The third-order valence-electron chi connectivity index (χ3n) is 2.88. The minimum absolute atomic E-state index is 0.386. The molecule has 1 N–H and O–H groups in total. The molecule has 0 aliphatic carbocycles. The van der Waals surface area contributed by atoms with Gasteiger partial charge in [0.2, 0.25) is 0 Å². The predicted molar refractivity (Wildman–Crippen MR) is 71.7 cm³/mol. The normalized spacial score (nSPS) is 12.4. The van der Waals surface area contributed by atoms with Gasteiger partial charge in [0.1, 0.15) is 0 Å². The lowest BCUT2D eigenvalue weighted by Gasteiger charge is -2.17. The average molecular weight is 233 g/mol. The third-order valence-corrected chi connectivity index (χ3v) is 2.88. The number of hydrogen-bond donors (Lipinski definition) is 1. The van der Waals surface area contributed by atoms with E-state index in [4.69, 9.17) is 6.42 Å². The number of terminal acetylenes is 1. The molecule has 1 heterocycles. The Hall–Kier alpha value is -1.27. The van der Waals surface area contributed by atoms with Crippen molar-refractivity contribution in [2.45, 2.75) is 45.6 Å². The van der Waals surface area contributed by atoms with E-state index in [1.165, 1.54) is 5.56 Å². The fourth-order valence-corrected chi connectivity index (χ4v) is 2.05. The molecule has 0 aromatic carbocycles. The molecule has 1 rings (SSSR count).